The van der Waals surface area contributed by atoms with E-state index >= 15 is 0 Å². The van der Waals surface area contributed by atoms with Gasteiger partial charge in [0.1, 0.15) is 17.8 Å². The van der Waals surface area contributed by atoms with E-state index in [1.807, 2.05) is 0 Å². The molecule has 0 unspecified atom stereocenters. The summed E-state index contributed by atoms with van der Waals surface area (Å²) in [4.78, 5) is 18.1. The highest BCUT2D eigenvalue weighted by atomic mass is 16.6. The van der Waals surface area contributed by atoms with Crippen molar-refractivity contribution in [3.05, 3.63) is 34.6 Å². The van der Waals surface area contributed by atoms with Crippen LogP contribution in [-0.4, -0.2) is 29.1 Å². The van der Waals surface area contributed by atoms with Gasteiger partial charge in [-0.1, -0.05) is 6.07 Å². The van der Waals surface area contributed by atoms with E-state index in [1.165, 1.54) is 14.2 Å². The number of nitrogen functional groups attached to an aromatic ring is 1. The van der Waals surface area contributed by atoms with Crippen molar-refractivity contribution in [1.82, 2.24) is 9.97 Å². The van der Waals surface area contributed by atoms with Gasteiger partial charge in [-0.15, -0.1) is 0 Å². The van der Waals surface area contributed by atoms with E-state index in [9.17, 15) is 10.1 Å². The number of ether oxygens (including phenoxy) is 2. The minimum atomic E-state index is -0.628. The summed E-state index contributed by atoms with van der Waals surface area (Å²) in [5.74, 6) is 0.573. The molecule has 0 bridgehead atoms. The zero-order chi connectivity index (χ0) is 14.7. The molecule has 1 aromatic carbocycles. The van der Waals surface area contributed by atoms with Crippen LogP contribution in [-0.2, 0) is 0 Å². The van der Waals surface area contributed by atoms with Crippen LogP contribution in [0.4, 0.5) is 11.5 Å². The molecule has 0 saturated carbocycles. The lowest BCUT2D eigenvalue weighted by Crippen LogP contribution is -2.04. The second-order valence-corrected chi connectivity index (χ2v) is 3.75. The average Bonchev–Trinajstić information content (AvgIpc) is 2.45. The number of aromatic nitrogens is 2. The van der Waals surface area contributed by atoms with Crippen LogP contribution < -0.4 is 15.2 Å². The Kier molecular flexibility index (Phi) is 3.65. The standard InChI is InChI=1S/C12H12N4O4/c1-19-7-4-3-5-8(20-2)9(7)10-11(16(17)18)12(13)15-6-14-10/h3-6H,1-2H3,(H2,13,14,15). The summed E-state index contributed by atoms with van der Waals surface area (Å²) < 4.78 is 10.4. The Labute approximate surface area is 114 Å². The predicted octanol–water partition coefficient (Wildman–Crippen LogP) is 1.65. The molecule has 0 aliphatic rings. The zero-order valence-electron chi connectivity index (χ0n) is 10.9. The average molecular weight is 276 g/mol. The fourth-order valence-corrected chi connectivity index (χ4v) is 1.84. The van der Waals surface area contributed by atoms with Gasteiger partial charge >= 0.3 is 5.69 Å². The summed E-state index contributed by atoms with van der Waals surface area (Å²) in [6, 6.07) is 5.01. The van der Waals surface area contributed by atoms with Gasteiger partial charge in [-0.3, -0.25) is 10.1 Å². The Balaban J connectivity index is 2.81. The van der Waals surface area contributed by atoms with Crippen molar-refractivity contribution in [3.8, 4) is 22.8 Å². The maximum Gasteiger partial charge on any atom is 0.337 e. The van der Waals surface area contributed by atoms with Gasteiger partial charge in [-0.25, -0.2) is 9.97 Å². The molecule has 8 nitrogen and oxygen atoms in total. The van der Waals surface area contributed by atoms with Crippen LogP contribution in [0.3, 0.4) is 0 Å². The number of anilines is 1. The summed E-state index contributed by atoms with van der Waals surface area (Å²) in [6.07, 6.45) is 1.16. The Bertz CT molecular complexity index is 638. The minimum absolute atomic E-state index is 0.0526. The lowest BCUT2D eigenvalue weighted by Gasteiger charge is -2.12. The van der Waals surface area contributed by atoms with Crippen LogP contribution in [0.5, 0.6) is 11.5 Å². The summed E-state index contributed by atoms with van der Waals surface area (Å²) >= 11 is 0. The second kappa shape index (κ2) is 5.39. The lowest BCUT2D eigenvalue weighted by atomic mass is 10.1. The van der Waals surface area contributed by atoms with Crippen LogP contribution in [0.25, 0.3) is 11.3 Å². The van der Waals surface area contributed by atoms with Crippen molar-refractivity contribution < 1.29 is 14.4 Å². The van der Waals surface area contributed by atoms with Gasteiger partial charge in [0, 0.05) is 0 Å². The molecular weight excluding hydrogens is 264 g/mol. The second-order valence-electron chi connectivity index (χ2n) is 3.75. The van der Waals surface area contributed by atoms with Crippen LogP contribution in [0.1, 0.15) is 0 Å². The first-order chi connectivity index (χ1) is 9.60. The molecular formula is C12H12N4O4. The van der Waals surface area contributed by atoms with Crippen molar-refractivity contribution in [3.63, 3.8) is 0 Å². The maximum atomic E-state index is 11.2. The first-order valence-corrected chi connectivity index (χ1v) is 5.56. The lowest BCUT2D eigenvalue weighted by molar-refractivity contribution is -0.383. The Morgan fingerprint density at radius 3 is 2.30 bits per heavy atom. The van der Waals surface area contributed by atoms with E-state index in [2.05, 4.69) is 9.97 Å². The quantitative estimate of drug-likeness (QED) is 0.667. The summed E-state index contributed by atoms with van der Waals surface area (Å²) in [7, 11) is 2.91. The number of benzene rings is 1. The molecule has 2 aromatic rings. The Morgan fingerprint density at radius 1 is 1.20 bits per heavy atom. The smallest absolute Gasteiger partial charge is 0.337 e. The van der Waals surface area contributed by atoms with Gasteiger partial charge in [-0.05, 0) is 12.1 Å². The third-order valence-corrected chi connectivity index (χ3v) is 2.70. The molecule has 1 aromatic heterocycles. The van der Waals surface area contributed by atoms with Crippen molar-refractivity contribution in [2.24, 2.45) is 0 Å². The highest BCUT2D eigenvalue weighted by molar-refractivity contribution is 5.83. The number of methoxy groups -OCH3 is 2. The van der Waals surface area contributed by atoms with Crippen molar-refractivity contribution >= 4 is 11.5 Å². The van der Waals surface area contributed by atoms with E-state index in [1.54, 1.807) is 18.2 Å². The first-order valence-electron chi connectivity index (χ1n) is 5.56. The fraction of sp³-hybridized carbons (Fsp3) is 0.167. The molecule has 0 aliphatic carbocycles. The number of hydrogen-bond acceptors (Lipinski definition) is 7. The molecule has 104 valence electrons. The zero-order valence-corrected chi connectivity index (χ0v) is 10.9. The topological polar surface area (TPSA) is 113 Å². The number of nitrogens with two attached hydrogens (primary N) is 1. The molecule has 1 heterocycles. The molecule has 0 aliphatic heterocycles. The summed E-state index contributed by atoms with van der Waals surface area (Å²) in [5, 5.41) is 11.2. The van der Waals surface area contributed by atoms with Crippen LogP contribution in [0, 0.1) is 10.1 Å². The SMILES string of the molecule is COc1cccc(OC)c1-c1ncnc(N)c1[N+](=O)[O-]. The van der Waals surface area contributed by atoms with Crippen LogP contribution in [0.15, 0.2) is 24.5 Å². The van der Waals surface area contributed by atoms with Crippen LogP contribution >= 0.6 is 0 Å². The fourth-order valence-electron chi connectivity index (χ4n) is 1.84. The van der Waals surface area contributed by atoms with Gasteiger partial charge in [0.05, 0.1) is 24.7 Å². The maximum absolute atomic E-state index is 11.2. The molecule has 20 heavy (non-hydrogen) atoms. The molecule has 2 rings (SSSR count). The van der Waals surface area contributed by atoms with Crippen LogP contribution in [0.2, 0.25) is 0 Å². The molecule has 8 heteroatoms. The number of rotatable bonds is 4. The summed E-state index contributed by atoms with van der Waals surface area (Å²) in [6.45, 7) is 0. The number of hydrogen-bond donors (Lipinski definition) is 1. The Morgan fingerprint density at radius 2 is 1.80 bits per heavy atom. The number of nitrogens with zero attached hydrogens (tertiary/aromatic N) is 3. The molecule has 2 N–H and O–H groups in total. The molecule has 0 fully saturated rings. The molecule has 0 atom stereocenters. The molecule has 0 spiro atoms. The van der Waals surface area contributed by atoms with E-state index in [-0.39, 0.29) is 17.2 Å². The Hall–Kier alpha value is -2.90. The van der Waals surface area contributed by atoms with Gasteiger partial charge in [0.25, 0.3) is 0 Å². The molecule has 0 radical (unpaired) electrons. The molecule has 0 amide bonds. The van der Waals surface area contributed by atoms with Crippen molar-refractivity contribution in [1.29, 1.82) is 0 Å². The normalized spacial score (nSPS) is 10.1. The predicted molar refractivity (Wildman–Crippen MR) is 71.6 cm³/mol. The van der Waals surface area contributed by atoms with Crippen molar-refractivity contribution in [2.75, 3.05) is 20.0 Å². The van der Waals surface area contributed by atoms with Gasteiger partial charge < -0.3 is 15.2 Å². The highest BCUT2D eigenvalue weighted by Crippen LogP contribution is 2.42. The largest absolute Gasteiger partial charge is 0.496 e. The van der Waals surface area contributed by atoms with Crippen molar-refractivity contribution in [2.45, 2.75) is 0 Å². The number of nitro groups is 1. The highest BCUT2D eigenvalue weighted by Gasteiger charge is 2.27. The third-order valence-electron chi connectivity index (χ3n) is 2.70. The van der Waals surface area contributed by atoms with E-state index < -0.39 is 4.92 Å². The molecule has 0 saturated heterocycles. The van der Waals surface area contributed by atoms with Gasteiger partial charge in [0.15, 0.2) is 5.69 Å². The third kappa shape index (κ3) is 2.18. The first kappa shape index (κ1) is 13.5. The van der Waals surface area contributed by atoms with E-state index in [0.29, 0.717) is 17.1 Å². The summed E-state index contributed by atoms with van der Waals surface area (Å²) in [5.41, 5.74) is 5.60. The minimum Gasteiger partial charge on any atom is -0.496 e. The van der Waals surface area contributed by atoms with Gasteiger partial charge in [-0.2, -0.15) is 0 Å². The van der Waals surface area contributed by atoms with E-state index in [4.69, 9.17) is 15.2 Å². The van der Waals surface area contributed by atoms with Gasteiger partial charge in [0.2, 0.25) is 5.82 Å². The monoisotopic (exact) mass is 276 g/mol. The van der Waals surface area contributed by atoms with E-state index in [0.717, 1.165) is 6.33 Å².